The Hall–Kier alpha value is -3.27. The van der Waals surface area contributed by atoms with E-state index in [0.717, 1.165) is 28.2 Å². The second kappa shape index (κ2) is 9.43. The largest absolute Gasteiger partial charge is 0.496 e. The van der Waals surface area contributed by atoms with Crippen LogP contribution >= 0.6 is 0 Å². The number of nitrogens with one attached hydrogen (secondary N) is 1. The van der Waals surface area contributed by atoms with E-state index in [2.05, 4.69) is 5.32 Å². The van der Waals surface area contributed by atoms with Crippen LogP contribution in [0, 0.1) is 0 Å². The number of carbonyl (C=O) groups is 1. The summed E-state index contributed by atoms with van der Waals surface area (Å²) < 4.78 is 11.1. The van der Waals surface area contributed by atoms with Gasteiger partial charge in [0.25, 0.3) is 0 Å². The van der Waals surface area contributed by atoms with Crippen molar-refractivity contribution in [2.45, 2.75) is 19.6 Å². The van der Waals surface area contributed by atoms with Crippen molar-refractivity contribution in [3.63, 3.8) is 0 Å². The zero-order valence-electron chi connectivity index (χ0n) is 15.4. The highest BCUT2D eigenvalue weighted by atomic mass is 16.5. The minimum Gasteiger partial charge on any atom is -0.496 e. The number of benzene rings is 3. The third kappa shape index (κ3) is 5.61. The van der Waals surface area contributed by atoms with Gasteiger partial charge < -0.3 is 14.8 Å². The van der Waals surface area contributed by atoms with E-state index in [-0.39, 0.29) is 5.91 Å². The van der Waals surface area contributed by atoms with Gasteiger partial charge in [0.05, 0.1) is 13.5 Å². The topological polar surface area (TPSA) is 47.6 Å². The maximum Gasteiger partial charge on any atom is 0.224 e. The van der Waals surface area contributed by atoms with Crippen molar-refractivity contribution < 1.29 is 14.3 Å². The average Bonchev–Trinajstić information content (AvgIpc) is 2.72. The standard InChI is InChI=1S/C23H23NO3/c1-26-22-10-6-5-9-20(22)15-23(25)24-16-18-11-13-21(14-12-18)27-17-19-7-3-2-4-8-19/h2-14H,15-17H2,1H3,(H,24,25). The maximum absolute atomic E-state index is 12.2. The van der Waals surface area contributed by atoms with Gasteiger partial charge in [0.1, 0.15) is 18.1 Å². The van der Waals surface area contributed by atoms with Crippen LogP contribution in [0.4, 0.5) is 0 Å². The number of para-hydroxylation sites is 1. The van der Waals surface area contributed by atoms with Gasteiger partial charge in [-0.1, -0.05) is 60.7 Å². The van der Waals surface area contributed by atoms with Crippen molar-refractivity contribution in [1.29, 1.82) is 0 Å². The van der Waals surface area contributed by atoms with E-state index in [1.165, 1.54) is 0 Å². The fourth-order valence-electron chi connectivity index (χ4n) is 2.73. The van der Waals surface area contributed by atoms with Crippen molar-refractivity contribution in [2.75, 3.05) is 7.11 Å². The van der Waals surface area contributed by atoms with Crippen molar-refractivity contribution >= 4 is 5.91 Å². The molecule has 0 aliphatic heterocycles. The Morgan fingerprint density at radius 1 is 0.852 bits per heavy atom. The molecule has 1 amide bonds. The highest BCUT2D eigenvalue weighted by molar-refractivity contribution is 5.79. The lowest BCUT2D eigenvalue weighted by molar-refractivity contribution is -0.120. The number of amides is 1. The first-order valence-corrected chi connectivity index (χ1v) is 8.89. The van der Waals surface area contributed by atoms with Gasteiger partial charge in [-0.05, 0) is 29.3 Å². The second-order valence-corrected chi connectivity index (χ2v) is 6.18. The lowest BCUT2D eigenvalue weighted by Crippen LogP contribution is -2.24. The van der Waals surface area contributed by atoms with Crippen LogP contribution in [0.15, 0.2) is 78.9 Å². The Bertz CT molecular complexity index is 860. The zero-order chi connectivity index (χ0) is 18.9. The summed E-state index contributed by atoms with van der Waals surface area (Å²) in [4.78, 5) is 12.2. The summed E-state index contributed by atoms with van der Waals surface area (Å²) in [5.41, 5.74) is 3.03. The van der Waals surface area contributed by atoms with Gasteiger partial charge in [0, 0.05) is 12.1 Å². The molecule has 0 aromatic heterocycles. The van der Waals surface area contributed by atoms with E-state index < -0.39 is 0 Å². The molecule has 0 aliphatic carbocycles. The summed E-state index contributed by atoms with van der Waals surface area (Å²) in [6.45, 7) is 1.02. The molecule has 27 heavy (non-hydrogen) atoms. The molecule has 3 aromatic rings. The fourth-order valence-corrected chi connectivity index (χ4v) is 2.73. The Labute approximate surface area is 159 Å². The number of rotatable bonds is 8. The lowest BCUT2D eigenvalue weighted by Gasteiger charge is -2.10. The molecule has 4 heteroatoms. The Morgan fingerprint density at radius 3 is 2.30 bits per heavy atom. The molecular weight excluding hydrogens is 338 g/mol. The molecule has 3 aromatic carbocycles. The number of hydrogen-bond acceptors (Lipinski definition) is 3. The summed E-state index contributed by atoms with van der Waals surface area (Å²) in [5.74, 6) is 1.50. The number of carbonyl (C=O) groups excluding carboxylic acids is 1. The molecule has 1 N–H and O–H groups in total. The van der Waals surface area contributed by atoms with Crippen LogP contribution in [0.2, 0.25) is 0 Å². The van der Waals surface area contributed by atoms with Crippen LogP contribution < -0.4 is 14.8 Å². The first-order chi connectivity index (χ1) is 13.2. The third-order valence-corrected chi connectivity index (χ3v) is 4.20. The maximum atomic E-state index is 12.2. The quantitative estimate of drug-likeness (QED) is 0.656. The zero-order valence-corrected chi connectivity index (χ0v) is 15.4. The predicted molar refractivity (Wildman–Crippen MR) is 106 cm³/mol. The van der Waals surface area contributed by atoms with Crippen LogP contribution in [-0.2, 0) is 24.4 Å². The fraction of sp³-hybridized carbons (Fsp3) is 0.174. The van der Waals surface area contributed by atoms with Gasteiger partial charge in [0.2, 0.25) is 5.91 Å². The molecule has 0 bridgehead atoms. The number of ether oxygens (including phenoxy) is 2. The van der Waals surface area contributed by atoms with Crippen molar-refractivity contribution in [3.8, 4) is 11.5 Å². The van der Waals surface area contributed by atoms with Crippen molar-refractivity contribution in [2.24, 2.45) is 0 Å². The number of methoxy groups -OCH3 is 1. The first-order valence-electron chi connectivity index (χ1n) is 8.89. The molecule has 0 unspecified atom stereocenters. The van der Waals surface area contributed by atoms with Gasteiger partial charge in [-0.2, -0.15) is 0 Å². The smallest absolute Gasteiger partial charge is 0.224 e. The molecule has 0 aliphatic rings. The first kappa shape index (κ1) is 18.5. The van der Waals surface area contributed by atoms with Crippen LogP contribution in [0.1, 0.15) is 16.7 Å². The van der Waals surface area contributed by atoms with E-state index in [1.54, 1.807) is 7.11 Å². The molecule has 3 rings (SSSR count). The average molecular weight is 361 g/mol. The van der Waals surface area contributed by atoms with Gasteiger partial charge in [-0.15, -0.1) is 0 Å². The summed E-state index contributed by atoms with van der Waals surface area (Å²) in [7, 11) is 1.61. The van der Waals surface area contributed by atoms with Gasteiger partial charge >= 0.3 is 0 Å². The molecule has 0 radical (unpaired) electrons. The van der Waals surface area contributed by atoms with Gasteiger partial charge in [-0.3, -0.25) is 4.79 Å². The minimum atomic E-state index is -0.0381. The van der Waals surface area contributed by atoms with Crippen molar-refractivity contribution in [1.82, 2.24) is 5.32 Å². The highest BCUT2D eigenvalue weighted by Gasteiger charge is 2.08. The summed E-state index contributed by atoms with van der Waals surface area (Å²) >= 11 is 0. The SMILES string of the molecule is COc1ccccc1CC(=O)NCc1ccc(OCc2ccccc2)cc1. The molecule has 0 heterocycles. The van der Waals surface area contributed by atoms with Crippen LogP contribution in [0.5, 0.6) is 11.5 Å². The van der Waals surface area contributed by atoms with E-state index in [9.17, 15) is 4.79 Å². The van der Waals surface area contributed by atoms with Crippen LogP contribution in [0.25, 0.3) is 0 Å². The highest BCUT2D eigenvalue weighted by Crippen LogP contribution is 2.18. The van der Waals surface area contributed by atoms with Crippen molar-refractivity contribution in [3.05, 3.63) is 95.6 Å². The molecule has 138 valence electrons. The molecule has 0 saturated heterocycles. The monoisotopic (exact) mass is 361 g/mol. The molecule has 0 atom stereocenters. The van der Waals surface area contributed by atoms with E-state index in [0.29, 0.717) is 19.6 Å². The predicted octanol–water partition coefficient (Wildman–Crippen LogP) is 4.13. The third-order valence-electron chi connectivity index (χ3n) is 4.20. The summed E-state index contributed by atoms with van der Waals surface area (Å²) in [6, 6.07) is 25.4. The summed E-state index contributed by atoms with van der Waals surface area (Å²) in [5, 5.41) is 2.94. The summed E-state index contributed by atoms with van der Waals surface area (Å²) in [6.07, 6.45) is 0.294. The second-order valence-electron chi connectivity index (χ2n) is 6.18. The van der Waals surface area contributed by atoms with Crippen LogP contribution in [-0.4, -0.2) is 13.0 Å². The Morgan fingerprint density at radius 2 is 1.56 bits per heavy atom. The normalized spacial score (nSPS) is 10.3. The molecule has 4 nitrogen and oxygen atoms in total. The lowest BCUT2D eigenvalue weighted by atomic mass is 10.1. The molecular formula is C23H23NO3. The van der Waals surface area contributed by atoms with E-state index in [4.69, 9.17) is 9.47 Å². The molecule has 0 fully saturated rings. The van der Waals surface area contributed by atoms with Gasteiger partial charge in [0.15, 0.2) is 0 Å². The van der Waals surface area contributed by atoms with E-state index >= 15 is 0 Å². The Kier molecular flexibility index (Phi) is 6.47. The Balaban J connectivity index is 1.47. The number of hydrogen-bond donors (Lipinski definition) is 1. The minimum absolute atomic E-state index is 0.0381. The molecule has 0 spiro atoms. The van der Waals surface area contributed by atoms with E-state index in [1.807, 2.05) is 78.9 Å². The molecule has 0 saturated carbocycles. The van der Waals surface area contributed by atoms with Crippen LogP contribution in [0.3, 0.4) is 0 Å². The van der Waals surface area contributed by atoms with Gasteiger partial charge in [-0.25, -0.2) is 0 Å².